The van der Waals surface area contributed by atoms with E-state index in [1.807, 2.05) is 72.5 Å². The molecule has 0 heterocycles. The van der Waals surface area contributed by atoms with Crippen molar-refractivity contribution < 1.29 is 18.7 Å². The second-order valence-corrected chi connectivity index (χ2v) is 7.48. The molecule has 1 amide bonds. The van der Waals surface area contributed by atoms with Gasteiger partial charge in [-0.05, 0) is 31.4 Å². The average molecular weight is 405 g/mol. The summed E-state index contributed by atoms with van der Waals surface area (Å²) in [5, 5.41) is 13.2. The Morgan fingerprint density at radius 1 is 1.10 bits per heavy atom. The van der Waals surface area contributed by atoms with Crippen LogP contribution in [0.25, 0.3) is 0 Å². The van der Waals surface area contributed by atoms with E-state index in [-0.39, 0.29) is 12.5 Å². The molecule has 0 aliphatic heterocycles. The van der Waals surface area contributed by atoms with Crippen LogP contribution in [-0.4, -0.2) is 41.0 Å². The highest BCUT2D eigenvalue weighted by Crippen LogP contribution is 2.30. The Morgan fingerprint density at radius 3 is 2.17 bits per heavy atom. The number of alkyl halides is 2. The van der Waals surface area contributed by atoms with Crippen LogP contribution >= 0.6 is 0 Å². The molecule has 0 spiro atoms. The highest BCUT2D eigenvalue weighted by Gasteiger charge is 2.36. The Hall–Kier alpha value is -2.31. The molecule has 0 bridgehead atoms. The van der Waals surface area contributed by atoms with Crippen molar-refractivity contribution in [1.82, 2.24) is 10.2 Å². The maximum absolute atomic E-state index is 13.6. The van der Waals surface area contributed by atoms with Crippen molar-refractivity contribution >= 4 is 5.91 Å². The Balaban J connectivity index is 2.41. The summed E-state index contributed by atoms with van der Waals surface area (Å²) in [6.45, 7) is 3.25. The molecule has 158 valence electrons. The maximum atomic E-state index is 13.6. The van der Waals surface area contributed by atoms with Crippen molar-refractivity contribution in [1.29, 1.82) is 0 Å². The van der Waals surface area contributed by atoms with Gasteiger partial charge >= 0.3 is 0 Å². The fraction of sp³-hybridized carbons (Fsp3) is 0.435. The van der Waals surface area contributed by atoms with E-state index in [0.29, 0.717) is 6.54 Å². The van der Waals surface area contributed by atoms with Crippen LogP contribution in [0.2, 0.25) is 0 Å². The van der Waals surface area contributed by atoms with Gasteiger partial charge in [0.15, 0.2) is 0 Å². The topological polar surface area (TPSA) is 52.6 Å². The van der Waals surface area contributed by atoms with E-state index in [9.17, 15) is 18.7 Å². The lowest BCUT2D eigenvalue weighted by molar-refractivity contribution is -0.134. The third-order valence-corrected chi connectivity index (χ3v) is 5.17. The van der Waals surface area contributed by atoms with Gasteiger partial charge in [0.1, 0.15) is 6.10 Å². The van der Waals surface area contributed by atoms with Crippen molar-refractivity contribution in [2.75, 3.05) is 7.05 Å². The lowest BCUT2D eigenvalue weighted by atomic mass is 9.95. The van der Waals surface area contributed by atoms with E-state index in [0.717, 1.165) is 18.1 Å². The Kier molecular flexibility index (Phi) is 8.29. The van der Waals surface area contributed by atoms with Crippen LogP contribution < -0.4 is 5.32 Å². The van der Waals surface area contributed by atoms with Crippen molar-refractivity contribution in [3.8, 4) is 0 Å². The van der Waals surface area contributed by atoms with E-state index in [2.05, 4.69) is 5.32 Å². The molecule has 29 heavy (non-hydrogen) atoms. The minimum Gasteiger partial charge on any atom is -0.382 e. The molecule has 4 nitrogen and oxygen atoms in total. The van der Waals surface area contributed by atoms with E-state index in [1.165, 1.54) is 7.05 Å². The van der Waals surface area contributed by atoms with E-state index in [4.69, 9.17) is 0 Å². The van der Waals surface area contributed by atoms with Gasteiger partial charge in [-0.2, -0.15) is 0 Å². The molecule has 3 atom stereocenters. The second kappa shape index (κ2) is 10.5. The Morgan fingerprint density at radius 2 is 1.66 bits per heavy atom. The van der Waals surface area contributed by atoms with Gasteiger partial charge in [0.2, 0.25) is 11.8 Å². The van der Waals surface area contributed by atoms with Crippen molar-refractivity contribution in [3.05, 3.63) is 71.8 Å². The normalized spacial score (nSPS) is 15.0. The van der Waals surface area contributed by atoms with Crippen LogP contribution in [0.3, 0.4) is 0 Å². The summed E-state index contributed by atoms with van der Waals surface area (Å²) in [7, 11) is 1.43. The molecule has 0 radical (unpaired) electrons. The summed E-state index contributed by atoms with van der Waals surface area (Å²) >= 11 is 0. The molecular weight excluding hydrogens is 374 g/mol. The first-order chi connectivity index (χ1) is 13.7. The molecule has 0 aliphatic rings. The molecule has 2 aromatic carbocycles. The summed E-state index contributed by atoms with van der Waals surface area (Å²) < 4.78 is 27.3. The molecule has 0 saturated carbocycles. The summed E-state index contributed by atoms with van der Waals surface area (Å²) in [5.74, 6) is -3.46. The SMILES string of the molecule is CNC(=O)[C@@H](O)[C@H](CCC(C)(F)F)N(Cc1ccccc1)[C@@H](C)c1ccccc1. The van der Waals surface area contributed by atoms with Crippen LogP contribution in [0.5, 0.6) is 0 Å². The first-order valence-corrected chi connectivity index (χ1v) is 9.85. The van der Waals surface area contributed by atoms with Gasteiger partial charge in [0, 0.05) is 32.1 Å². The number of hydrogen-bond donors (Lipinski definition) is 2. The number of halogens is 2. The minimum absolute atomic E-state index is 0.0118. The largest absolute Gasteiger partial charge is 0.382 e. The van der Waals surface area contributed by atoms with Crippen LogP contribution in [0.1, 0.15) is 43.9 Å². The van der Waals surface area contributed by atoms with Crippen molar-refractivity contribution in [2.45, 2.75) is 57.3 Å². The summed E-state index contributed by atoms with van der Waals surface area (Å²) in [4.78, 5) is 14.2. The molecule has 2 rings (SSSR count). The fourth-order valence-electron chi connectivity index (χ4n) is 3.49. The van der Waals surface area contributed by atoms with Gasteiger partial charge in [0.05, 0.1) is 0 Å². The number of nitrogens with one attached hydrogen (secondary N) is 1. The van der Waals surface area contributed by atoms with Gasteiger partial charge in [0.25, 0.3) is 0 Å². The zero-order chi connectivity index (χ0) is 21.4. The predicted molar refractivity (Wildman–Crippen MR) is 111 cm³/mol. The lowest BCUT2D eigenvalue weighted by Crippen LogP contribution is -2.51. The second-order valence-electron chi connectivity index (χ2n) is 7.48. The Labute approximate surface area is 171 Å². The van der Waals surface area contributed by atoms with Gasteiger partial charge in [-0.1, -0.05) is 60.7 Å². The standard InChI is InChI=1S/C23H30F2N2O2/c1-17(19-12-8-5-9-13-19)27(16-18-10-6-4-7-11-18)20(14-15-23(2,24)25)21(28)22(29)26-3/h4-13,17,20-21,28H,14-16H2,1-3H3,(H,26,29)/t17-,20-,21-/m0/s1. The number of nitrogens with zero attached hydrogens (tertiary/aromatic N) is 1. The van der Waals surface area contributed by atoms with Gasteiger partial charge in [-0.15, -0.1) is 0 Å². The van der Waals surface area contributed by atoms with E-state index < -0.39 is 30.4 Å². The molecular formula is C23H30F2N2O2. The van der Waals surface area contributed by atoms with Crippen LogP contribution in [-0.2, 0) is 11.3 Å². The number of benzene rings is 2. The zero-order valence-corrected chi connectivity index (χ0v) is 17.2. The number of aliphatic hydroxyl groups excluding tert-OH is 1. The number of hydrogen-bond acceptors (Lipinski definition) is 3. The quantitative estimate of drug-likeness (QED) is 0.625. The average Bonchev–Trinajstić information content (AvgIpc) is 2.72. The Bertz CT molecular complexity index is 750. The molecule has 0 saturated heterocycles. The third-order valence-electron chi connectivity index (χ3n) is 5.17. The zero-order valence-electron chi connectivity index (χ0n) is 17.2. The molecule has 0 fully saturated rings. The van der Waals surface area contributed by atoms with Gasteiger partial charge < -0.3 is 10.4 Å². The molecule has 0 aliphatic carbocycles. The number of likely N-dealkylation sites (N-methyl/N-ethyl adjacent to an activating group) is 1. The predicted octanol–water partition coefficient (Wildman–Crippen LogP) is 4.16. The highest BCUT2D eigenvalue weighted by atomic mass is 19.3. The first kappa shape index (κ1) is 23.0. The highest BCUT2D eigenvalue weighted by molar-refractivity contribution is 5.81. The number of carbonyl (C=O) groups excluding carboxylic acids is 1. The first-order valence-electron chi connectivity index (χ1n) is 9.85. The smallest absolute Gasteiger partial charge is 0.250 e. The van der Waals surface area contributed by atoms with Crippen LogP contribution in [0.4, 0.5) is 8.78 Å². The van der Waals surface area contributed by atoms with Crippen molar-refractivity contribution in [3.63, 3.8) is 0 Å². The summed E-state index contributed by atoms with van der Waals surface area (Å²) in [5.41, 5.74) is 1.97. The number of rotatable bonds is 10. The molecule has 6 heteroatoms. The monoisotopic (exact) mass is 404 g/mol. The number of aliphatic hydroxyl groups is 1. The van der Waals surface area contributed by atoms with Gasteiger partial charge in [-0.3, -0.25) is 9.69 Å². The fourth-order valence-corrected chi connectivity index (χ4v) is 3.49. The van der Waals surface area contributed by atoms with Crippen LogP contribution in [0.15, 0.2) is 60.7 Å². The van der Waals surface area contributed by atoms with Gasteiger partial charge in [-0.25, -0.2) is 8.78 Å². The molecule has 2 N–H and O–H groups in total. The summed E-state index contributed by atoms with van der Waals surface area (Å²) in [6.07, 6.45) is -1.85. The molecule has 2 aromatic rings. The lowest BCUT2D eigenvalue weighted by Gasteiger charge is -2.39. The number of amides is 1. The molecule has 0 unspecified atom stereocenters. The molecule has 0 aromatic heterocycles. The number of carbonyl (C=O) groups is 1. The van der Waals surface area contributed by atoms with Crippen molar-refractivity contribution in [2.24, 2.45) is 0 Å². The van der Waals surface area contributed by atoms with E-state index >= 15 is 0 Å². The maximum Gasteiger partial charge on any atom is 0.250 e. The minimum atomic E-state index is -2.88. The van der Waals surface area contributed by atoms with E-state index in [1.54, 1.807) is 0 Å². The van der Waals surface area contributed by atoms with Crippen LogP contribution in [0, 0.1) is 0 Å². The summed E-state index contributed by atoms with van der Waals surface area (Å²) in [6, 6.07) is 18.3. The third kappa shape index (κ3) is 6.91.